The summed E-state index contributed by atoms with van der Waals surface area (Å²) in [4.78, 5) is 14.3. The predicted molar refractivity (Wildman–Crippen MR) is 92.9 cm³/mol. The summed E-state index contributed by atoms with van der Waals surface area (Å²) in [5, 5.41) is 4.23. The molecule has 1 heterocycles. The summed E-state index contributed by atoms with van der Waals surface area (Å²) in [5.74, 6) is 0.499. The Labute approximate surface area is 138 Å². The van der Waals surface area contributed by atoms with E-state index in [9.17, 15) is 4.79 Å². The smallest absolute Gasteiger partial charge is 0.277 e. The lowest BCUT2D eigenvalue weighted by atomic mass is 10.1. The normalized spacial score (nSPS) is 15.6. The second-order valence-corrected chi connectivity index (χ2v) is 6.45. The van der Waals surface area contributed by atoms with Crippen molar-refractivity contribution in [2.24, 2.45) is 5.10 Å². The monoisotopic (exact) mass is 317 g/mol. The minimum absolute atomic E-state index is 0.0161. The molecule has 0 saturated carbocycles. The Balaban J connectivity index is 1.76. The number of hydrazone groups is 1. The number of piperidine rings is 1. The van der Waals surface area contributed by atoms with Gasteiger partial charge < -0.3 is 9.64 Å². The minimum atomic E-state index is -0.219. The van der Waals surface area contributed by atoms with Crippen molar-refractivity contribution in [3.63, 3.8) is 0 Å². The van der Waals surface area contributed by atoms with Crippen LogP contribution < -0.4 is 10.2 Å². The standard InChI is InChI=1S/C18H27N3O2/c1-13(2)21-7-5-16(6-8-21)19-20-18(22)12-23-17-10-14(3)9-15(4)11-17/h9-11,13H,5-8,12H2,1-4H3,(H,20,22). The number of hydrogen-bond acceptors (Lipinski definition) is 4. The third-order valence-corrected chi connectivity index (χ3v) is 4.01. The van der Waals surface area contributed by atoms with Crippen molar-refractivity contribution in [1.29, 1.82) is 0 Å². The number of amides is 1. The van der Waals surface area contributed by atoms with Crippen molar-refractivity contribution in [1.82, 2.24) is 10.3 Å². The Morgan fingerprint density at radius 3 is 2.39 bits per heavy atom. The molecular weight excluding hydrogens is 290 g/mol. The number of hydrogen-bond donors (Lipinski definition) is 1. The van der Waals surface area contributed by atoms with Crippen LogP contribution in [-0.2, 0) is 4.79 Å². The van der Waals surface area contributed by atoms with Crippen LogP contribution in [0.15, 0.2) is 23.3 Å². The number of rotatable bonds is 5. The van der Waals surface area contributed by atoms with Crippen LogP contribution >= 0.6 is 0 Å². The van der Waals surface area contributed by atoms with Crippen LogP contribution in [0.4, 0.5) is 0 Å². The number of nitrogens with one attached hydrogen (secondary N) is 1. The Kier molecular flexibility index (Phi) is 6.16. The molecule has 0 unspecified atom stereocenters. The fraction of sp³-hybridized carbons (Fsp3) is 0.556. The average Bonchev–Trinajstić information content (AvgIpc) is 2.50. The zero-order chi connectivity index (χ0) is 16.8. The first-order valence-corrected chi connectivity index (χ1v) is 8.23. The molecule has 2 rings (SSSR count). The fourth-order valence-electron chi connectivity index (χ4n) is 2.75. The molecule has 0 aromatic heterocycles. The summed E-state index contributed by atoms with van der Waals surface area (Å²) >= 11 is 0. The van der Waals surface area contributed by atoms with Crippen molar-refractivity contribution < 1.29 is 9.53 Å². The molecule has 5 nitrogen and oxygen atoms in total. The predicted octanol–water partition coefficient (Wildman–Crippen LogP) is 2.66. The van der Waals surface area contributed by atoms with E-state index in [-0.39, 0.29) is 12.5 Å². The molecule has 1 N–H and O–H groups in total. The second-order valence-electron chi connectivity index (χ2n) is 6.45. The van der Waals surface area contributed by atoms with Gasteiger partial charge in [0.25, 0.3) is 5.91 Å². The van der Waals surface area contributed by atoms with Gasteiger partial charge in [0.05, 0.1) is 0 Å². The van der Waals surface area contributed by atoms with Gasteiger partial charge in [-0.3, -0.25) is 4.79 Å². The maximum atomic E-state index is 11.8. The van der Waals surface area contributed by atoms with E-state index in [0.717, 1.165) is 48.5 Å². The van der Waals surface area contributed by atoms with E-state index in [1.807, 2.05) is 26.0 Å². The van der Waals surface area contributed by atoms with Crippen molar-refractivity contribution in [3.05, 3.63) is 29.3 Å². The number of likely N-dealkylation sites (tertiary alicyclic amines) is 1. The Hall–Kier alpha value is -1.88. The molecule has 0 radical (unpaired) electrons. The molecule has 1 amide bonds. The van der Waals surface area contributed by atoms with Crippen LogP contribution in [0.25, 0.3) is 0 Å². The Bertz CT molecular complexity index is 551. The molecule has 1 aromatic carbocycles. The van der Waals surface area contributed by atoms with Crippen molar-refractivity contribution in [2.75, 3.05) is 19.7 Å². The highest BCUT2D eigenvalue weighted by Gasteiger charge is 2.17. The molecule has 1 aliphatic rings. The molecule has 0 bridgehead atoms. The van der Waals surface area contributed by atoms with Crippen LogP contribution in [0, 0.1) is 13.8 Å². The van der Waals surface area contributed by atoms with Gasteiger partial charge in [-0.15, -0.1) is 0 Å². The van der Waals surface area contributed by atoms with Gasteiger partial charge >= 0.3 is 0 Å². The Morgan fingerprint density at radius 2 is 1.83 bits per heavy atom. The quantitative estimate of drug-likeness (QED) is 0.850. The molecule has 1 saturated heterocycles. The average molecular weight is 317 g/mol. The van der Waals surface area contributed by atoms with Gasteiger partial charge in [-0.1, -0.05) is 6.07 Å². The molecule has 0 aliphatic carbocycles. The molecule has 1 aliphatic heterocycles. The molecule has 5 heteroatoms. The summed E-state index contributed by atoms with van der Waals surface area (Å²) in [6, 6.07) is 6.49. The maximum Gasteiger partial charge on any atom is 0.277 e. The summed E-state index contributed by atoms with van der Waals surface area (Å²) in [6.45, 7) is 10.4. The first-order valence-electron chi connectivity index (χ1n) is 8.23. The largest absolute Gasteiger partial charge is 0.484 e. The molecule has 23 heavy (non-hydrogen) atoms. The molecular formula is C18H27N3O2. The van der Waals surface area contributed by atoms with E-state index < -0.39 is 0 Å². The number of carbonyl (C=O) groups excluding carboxylic acids is 1. The minimum Gasteiger partial charge on any atom is -0.484 e. The summed E-state index contributed by atoms with van der Waals surface area (Å²) in [6.07, 6.45) is 1.83. The highest BCUT2D eigenvalue weighted by atomic mass is 16.5. The summed E-state index contributed by atoms with van der Waals surface area (Å²) in [5.41, 5.74) is 5.90. The third kappa shape index (κ3) is 5.67. The van der Waals surface area contributed by atoms with Crippen LogP contribution in [-0.4, -0.2) is 42.3 Å². The zero-order valence-electron chi connectivity index (χ0n) is 14.6. The van der Waals surface area contributed by atoms with E-state index >= 15 is 0 Å². The molecule has 0 atom stereocenters. The van der Waals surface area contributed by atoms with Gasteiger partial charge in [0.2, 0.25) is 0 Å². The Morgan fingerprint density at radius 1 is 1.22 bits per heavy atom. The van der Waals surface area contributed by atoms with Gasteiger partial charge in [0.1, 0.15) is 5.75 Å². The molecule has 1 aromatic rings. The van der Waals surface area contributed by atoms with Gasteiger partial charge in [0.15, 0.2) is 6.61 Å². The molecule has 126 valence electrons. The summed E-state index contributed by atoms with van der Waals surface area (Å²) in [7, 11) is 0. The molecule has 1 fully saturated rings. The molecule has 0 spiro atoms. The van der Waals surface area contributed by atoms with E-state index in [1.165, 1.54) is 0 Å². The first-order chi connectivity index (χ1) is 10.9. The van der Waals surface area contributed by atoms with Crippen LogP contribution in [0.5, 0.6) is 5.75 Å². The van der Waals surface area contributed by atoms with E-state index in [0.29, 0.717) is 6.04 Å². The zero-order valence-corrected chi connectivity index (χ0v) is 14.6. The van der Waals surface area contributed by atoms with Crippen molar-refractivity contribution in [2.45, 2.75) is 46.6 Å². The highest BCUT2D eigenvalue weighted by Crippen LogP contribution is 2.16. The SMILES string of the molecule is Cc1cc(C)cc(OCC(=O)NN=C2CCN(C(C)C)CC2)c1. The van der Waals surface area contributed by atoms with E-state index in [4.69, 9.17) is 4.74 Å². The number of benzene rings is 1. The summed E-state index contributed by atoms with van der Waals surface area (Å²) < 4.78 is 5.53. The highest BCUT2D eigenvalue weighted by molar-refractivity contribution is 5.87. The number of ether oxygens (including phenoxy) is 1. The first kappa shape index (κ1) is 17.5. The lowest BCUT2D eigenvalue weighted by molar-refractivity contribution is -0.123. The fourth-order valence-corrected chi connectivity index (χ4v) is 2.75. The van der Waals surface area contributed by atoms with E-state index in [2.05, 4.69) is 35.3 Å². The van der Waals surface area contributed by atoms with Crippen molar-refractivity contribution in [3.8, 4) is 5.75 Å². The topological polar surface area (TPSA) is 53.9 Å². The van der Waals surface area contributed by atoms with Gasteiger partial charge in [0, 0.05) is 37.7 Å². The number of aryl methyl sites for hydroxylation is 2. The lowest BCUT2D eigenvalue weighted by Crippen LogP contribution is -2.39. The number of nitrogens with zero attached hydrogens (tertiary/aromatic N) is 2. The van der Waals surface area contributed by atoms with Gasteiger partial charge in [-0.05, 0) is 51.0 Å². The number of carbonyl (C=O) groups is 1. The lowest BCUT2D eigenvalue weighted by Gasteiger charge is -2.30. The van der Waals surface area contributed by atoms with Crippen LogP contribution in [0.3, 0.4) is 0 Å². The van der Waals surface area contributed by atoms with Gasteiger partial charge in [-0.25, -0.2) is 5.43 Å². The van der Waals surface area contributed by atoms with Crippen LogP contribution in [0.1, 0.15) is 37.8 Å². The van der Waals surface area contributed by atoms with E-state index in [1.54, 1.807) is 0 Å². The van der Waals surface area contributed by atoms with Crippen LogP contribution in [0.2, 0.25) is 0 Å². The second kappa shape index (κ2) is 8.11. The maximum absolute atomic E-state index is 11.8. The van der Waals surface area contributed by atoms with Gasteiger partial charge in [-0.2, -0.15) is 5.10 Å². The van der Waals surface area contributed by atoms with Crippen molar-refractivity contribution >= 4 is 11.6 Å². The third-order valence-electron chi connectivity index (χ3n) is 4.01.